The standard InChI is InChI=1S/C28H34F2N6O4/c1-3-7-36(8-4-2)28(40)20-13-18(26(31)38)12-19(14-20)27(39)34-23(11-17-9-21(29)15-22(30)10-17)24(37)5-6-25-32-16-33-35-25/h9-10,12-16,23-24,37H,3-8,11H2,1-2H3,(H2,31,38)(H,34,39)(H,32,33,35). The number of halogens is 2. The summed E-state index contributed by atoms with van der Waals surface area (Å²) >= 11 is 0. The molecule has 0 saturated heterocycles. The van der Waals surface area contributed by atoms with Crippen LogP contribution in [0.1, 0.15) is 75.6 Å². The van der Waals surface area contributed by atoms with Gasteiger partial charge in [-0.25, -0.2) is 13.8 Å². The van der Waals surface area contributed by atoms with Crippen molar-refractivity contribution in [3.63, 3.8) is 0 Å². The molecular formula is C28H34F2N6O4. The normalized spacial score (nSPS) is 12.5. The third-order valence-corrected chi connectivity index (χ3v) is 6.30. The van der Waals surface area contributed by atoms with E-state index in [4.69, 9.17) is 5.73 Å². The largest absolute Gasteiger partial charge is 0.391 e. The molecule has 0 aliphatic heterocycles. The minimum atomic E-state index is -1.15. The van der Waals surface area contributed by atoms with E-state index in [1.54, 1.807) is 4.90 Å². The number of benzene rings is 2. The highest BCUT2D eigenvalue weighted by molar-refractivity contribution is 6.04. The number of rotatable bonds is 14. The molecule has 3 rings (SSSR count). The van der Waals surface area contributed by atoms with Crippen LogP contribution in [0.2, 0.25) is 0 Å². The van der Waals surface area contributed by atoms with Gasteiger partial charge in [0, 0.05) is 42.3 Å². The molecule has 0 radical (unpaired) electrons. The molecule has 0 fully saturated rings. The van der Waals surface area contributed by atoms with Crippen molar-refractivity contribution in [2.24, 2.45) is 5.73 Å². The lowest BCUT2D eigenvalue weighted by Gasteiger charge is -2.25. The summed E-state index contributed by atoms with van der Waals surface area (Å²) < 4.78 is 27.7. The van der Waals surface area contributed by atoms with Crippen molar-refractivity contribution < 1.29 is 28.3 Å². The number of nitrogens with two attached hydrogens (primary N) is 1. The number of aromatic amines is 1. The fourth-order valence-corrected chi connectivity index (χ4v) is 4.42. The van der Waals surface area contributed by atoms with Crippen molar-refractivity contribution in [3.05, 3.63) is 82.4 Å². The lowest BCUT2D eigenvalue weighted by Crippen LogP contribution is -2.45. The molecule has 0 aliphatic carbocycles. The van der Waals surface area contributed by atoms with Gasteiger partial charge in [0.05, 0.1) is 12.1 Å². The molecule has 2 unspecified atom stereocenters. The van der Waals surface area contributed by atoms with Gasteiger partial charge in [-0.05, 0) is 61.6 Å². The number of aromatic nitrogens is 3. The Labute approximate surface area is 231 Å². The second kappa shape index (κ2) is 14.3. The smallest absolute Gasteiger partial charge is 0.253 e. The molecule has 10 nitrogen and oxygen atoms in total. The highest BCUT2D eigenvalue weighted by atomic mass is 19.1. The predicted molar refractivity (Wildman–Crippen MR) is 143 cm³/mol. The summed E-state index contributed by atoms with van der Waals surface area (Å²) in [7, 11) is 0. The molecule has 0 saturated carbocycles. The summed E-state index contributed by atoms with van der Waals surface area (Å²) in [6.07, 6.45) is 1.97. The minimum Gasteiger partial charge on any atom is -0.391 e. The maximum Gasteiger partial charge on any atom is 0.253 e. The molecule has 3 aromatic rings. The monoisotopic (exact) mass is 556 g/mol. The van der Waals surface area contributed by atoms with E-state index in [0.717, 1.165) is 31.0 Å². The van der Waals surface area contributed by atoms with Crippen LogP contribution in [0.4, 0.5) is 8.78 Å². The topological polar surface area (TPSA) is 154 Å². The molecule has 40 heavy (non-hydrogen) atoms. The molecule has 0 aliphatic rings. The molecule has 3 amide bonds. The van der Waals surface area contributed by atoms with E-state index in [-0.39, 0.29) is 41.0 Å². The number of nitrogens with one attached hydrogen (secondary N) is 2. The van der Waals surface area contributed by atoms with Gasteiger partial charge in [-0.3, -0.25) is 19.5 Å². The summed E-state index contributed by atoms with van der Waals surface area (Å²) in [5.41, 5.74) is 5.78. The van der Waals surface area contributed by atoms with E-state index < -0.39 is 35.6 Å². The number of H-pyrrole nitrogens is 1. The highest BCUT2D eigenvalue weighted by Crippen LogP contribution is 2.17. The average Bonchev–Trinajstić information content (AvgIpc) is 3.43. The molecule has 2 aromatic carbocycles. The average molecular weight is 557 g/mol. The number of hydrogen-bond acceptors (Lipinski definition) is 6. The Balaban J connectivity index is 1.90. The van der Waals surface area contributed by atoms with Crippen LogP contribution in [0.5, 0.6) is 0 Å². The summed E-state index contributed by atoms with van der Waals surface area (Å²) in [5, 5.41) is 20.1. The summed E-state index contributed by atoms with van der Waals surface area (Å²) in [5.74, 6) is -2.94. The van der Waals surface area contributed by atoms with Crippen LogP contribution in [-0.2, 0) is 12.8 Å². The van der Waals surface area contributed by atoms with Gasteiger partial charge in [-0.15, -0.1) is 0 Å². The Bertz CT molecular complexity index is 1290. The van der Waals surface area contributed by atoms with E-state index in [2.05, 4.69) is 20.5 Å². The first-order valence-corrected chi connectivity index (χ1v) is 13.1. The molecule has 1 heterocycles. The maximum absolute atomic E-state index is 13.9. The van der Waals surface area contributed by atoms with Crippen LogP contribution in [-0.4, -0.2) is 68.1 Å². The molecular weight excluding hydrogens is 522 g/mol. The Morgan fingerprint density at radius 3 is 2.20 bits per heavy atom. The van der Waals surface area contributed by atoms with E-state index in [0.29, 0.717) is 25.3 Å². The zero-order valence-electron chi connectivity index (χ0n) is 22.5. The summed E-state index contributed by atoms with van der Waals surface area (Å²) in [6, 6.07) is 5.95. The first-order chi connectivity index (χ1) is 19.1. The summed E-state index contributed by atoms with van der Waals surface area (Å²) in [4.78, 5) is 44.3. The number of hydrogen-bond donors (Lipinski definition) is 4. The van der Waals surface area contributed by atoms with Crippen molar-refractivity contribution in [2.75, 3.05) is 13.1 Å². The van der Waals surface area contributed by atoms with Gasteiger partial charge in [0.1, 0.15) is 23.8 Å². The first kappa shape index (κ1) is 30.4. The fraction of sp³-hybridized carbons (Fsp3) is 0.393. The third-order valence-electron chi connectivity index (χ3n) is 6.30. The fourth-order valence-electron chi connectivity index (χ4n) is 4.42. The van der Waals surface area contributed by atoms with Crippen molar-refractivity contribution in [3.8, 4) is 0 Å². The van der Waals surface area contributed by atoms with Gasteiger partial charge in [0.15, 0.2) is 0 Å². The number of aryl methyl sites for hydroxylation is 1. The molecule has 5 N–H and O–H groups in total. The lowest BCUT2D eigenvalue weighted by molar-refractivity contribution is 0.0755. The number of nitrogens with zero attached hydrogens (tertiary/aromatic N) is 3. The maximum atomic E-state index is 13.9. The Morgan fingerprint density at radius 1 is 1.00 bits per heavy atom. The number of amides is 3. The molecule has 214 valence electrons. The van der Waals surface area contributed by atoms with Crippen LogP contribution in [0.25, 0.3) is 0 Å². The van der Waals surface area contributed by atoms with E-state index >= 15 is 0 Å². The number of carbonyl (C=O) groups excluding carboxylic acids is 3. The molecule has 0 spiro atoms. The zero-order valence-corrected chi connectivity index (χ0v) is 22.5. The Kier molecular flexibility index (Phi) is 10.8. The Morgan fingerprint density at radius 2 is 1.62 bits per heavy atom. The van der Waals surface area contributed by atoms with Gasteiger partial charge in [-0.2, -0.15) is 5.10 Å². The van der Waals surface area contributed by atoms with Crippen LogP contribution >= 0.6 is 0 Å². The number of carbonyl (C=O) groups is 3. The quantitative estimate of drug-likeness (QED) is 0.239. The number of aliphatic hydroxyl groups excluding tert-OH is 1. The number of aliphatic hydroxyl groups is 1. The molecule has 2 atom stereocenters. The van der Waals surface area contributed by atoms with E-state index in [1.807, 2.05) is 13.8 Å². The third kappa shape index (κ3) is 8.40. The molecule has 12 heteroatoms. The SMILES string of the molecule is CCCN(CCC)C(=O)c1cc(C(N)=O)cc(C(=O)NC(Cc2cc(F)cc(F)c2)C(O)CCc2ncn[nH]2)c1. The first-order valence-electron chi connectivity index (χ1n) is 13.1. The lowest BCUT2D eigenvalue weighted by atomic mass is 9.96. The minimum absolute atomic E-state index is 0.0227. The van der Waals surface area contributed by atoms with Crippen LogP contribution in [0.3, 0.4) is 0 Å². The number of primary amides is 1. The van der Waals surface area contributed by atoms with Gasteiger partial charge in [0.2, 0.25) is 5.91 Å². The van der Waals surface area contributed by atoms with E-state index in [9.17, 15) is 28.3 Å². The van der Waals surface area contributed by atoms with Crippen molar-refractivity contribution in [2.45, 2.75) is 58.1 Å². The van der Waals surface area contributed by atoms with Gasteiger partial charge >= 0.3 is 0 Å². The van der Waals surface area contributed by atoms with Gasteiger partial charge < -0.3 is 21.1 Å². The van der Waals surface area contributed by atoms with Gasteiger partial charge in [0.25, 0.3) is 11.8 Å². The predicted octanol–water partition coefficient (Wildman–Crippen LogP) is 2.78. The zero-order chi connectivity index (χ0) is 29.2. The Hall–Kier alpha value is -4.19. The van der Waals surface area contributed by atoms with Gasteiger partial charge in [-0.1, -0.05) is 13.8 Å². The van der Waals surface area contributed by atoms with E-state index in [1.165, 1.54) is 24.5 Å². The molecule has 0 bridgehead atoms. The molecule has 1 aromatic heterocycles. The van der Waals surface area contributed by atoms with Crippen LogP contribution in [0.15, 0.2) is 42.7 Å². The van der Waals surface area contributed by atoms with Crippen molar-refractivity contribution in [1.82, 2.24) is 25.4 Å². The van der Waals surface area contributed by atoms with Crippen LogP contribution < -0.4 is 11.1 Å². The highest BCUT2D eigenvalue weighted by Gasteiger charge is 2.25. The second-order valence-corrected chi connectivity index (χ2v) is 9.56. The van der Waals surface area contributed by atoms with Crippen molar-refractivity contribution >= 4 is 17.7 Å². The van der Waals surface area contributed by atoms with Crippen LogP contribution in [0, 0.1) is 11.6 Å². The summed E-state index contributed by atoms with van der Waals surface area (Å²) in [6.45, 7) is 4.87. The van der Waals surface area contributed by atoms with Crippen molar-refractivity contribution in [1.29, 1.82) is 0 Å². The second-order valence-electron chi connectivity index (χ2n) is 9.56.